The molecule has 96 valence electrons. The number of hydrogen-bond acceptors (Lipinski definition) is 2. The molecule has 1 amide bonds. The highest BCUT2D eigenvalue weighted by molar-refractivity contribution is 5.85. The number of hydrogen-bond donors (Lipinski definition) is 2. The summed E-state index contributed by atoms with van der Waals surface area (Å²) in [6.07, 6.45) is 6.87. The van der Waals surface area contributed by atoms with Gasteiger partial charge in [0.05, 0.1) is 5.41 Å². The molecule has 1 saturated carbocycles. The average molecular weight is 239 g/mol. The van der Waals surface area contributed by atoms with Gasteiger partial charge in [0.1, 0.15) is 0 Å². The Morgan fingerprint density at radius 3 is 2.29 bits per heavy atom. The van der Waals surface area contributed by atoms with Crippen molar-refractivity contribution in [3.63, 3.8) is 0 Å². The van der Waals surface area contributed by atoms with Crippen LogP contribution in [0.5, 0.6) is 0 Å². The summed E-state index contributed by atoms with van der Waals surface area (Å²) < 4.78 is 0. The van der Waals surface area contributed by atoms with Gasteiger partial charge in [-0.25, -0.2) is 0 Å². The molecular formula is C13H21NO3. The van der Waals surface area contributed by atoms with Crippen LogP contribution in [0.1, 0.15) is 44.9 Å². The van der Waals surface area contributed by atoms with Crippen molar-refractivity contribution in [1.29, 1.82) is 0 Å². The number of carbonyl (C=O) groups excluding carboxylic acids is 1. The summed E-state index contributed by atoms with van der Waals surface area (Å²) in [6, 6.07) is 0. The SMILES string of the molecule is C=CCNC(=O)CC1(C(=O)O)CCCCCC1. The summed E-state index contributed by atoms with van der Waals surface area (Å²) in [7, 11) is 0. The lowest BCUT2D eigenvalue weighted by Crippen LogP contribution is -2.37. The number of carboxylic acids is 1. The van der Waals surface area contributed by atoms with E-state index in [1.807, 2.05) is 0 Å². The molecule has 0 aliphatic heterocycles. The fourth-order valence-electron chi connectivity index (χ4n) is 2.43. The standard InChI is InChI=1S/C13H21NO3/c1-2-9-14-11(15)10-13(12(16)17)7-5-3-4-6-8-13/h2H,1,3-10H2,(H,14,15)(H,16,17). The first kappa shape index (κ1) is 13.7. The van der Waals surface area contributed by atoms with Crippen LogP contribution in [0.3, 0.4) is 0 Å². The lowest BCUT2D eigenvalue weighted by molar-refractivity contribution is -0.152. The molecule has 0 atom stereocenters. The van der Waals surface area contributed by atoms with Gasteiger partial charge in [0, 0.05) is 13.0 Å². The van der Waals surface area contributed by atoms with Crippen LogP contribution in [0.15, 0.2) is 12.7 Å². The molecule has 0 heterocycles. The summed E-state index contributed by atoms with van der Waals surface area (Å²) in [5.74, 6) is -1.01. The van der Waals surface area contributed by atoms with E-state index in [1.165, 1.54) is 0 Å². The van der Waals surface area contributed by atoms with Crippen molar-refractivity contribution in [2.75, 3.05) is 6.54 Å². The molecule has 2 N–H and O–H groups in total. The number of amides is 1. The van der Waals surface area contributed by atoms with Gasteiger partial charge in [0.2, 0.25) is 5.91 Å². The van der Waals surface area contributed by atoms with Crippen molar-refractivity contribution in [1.82, 2.24) is 5.32 Å². The Labute approximate surface area is 102 Å². The Morgan fingerprint density at radius 2 is 1.82 bits per heavy atom. The molecule has 1 aliphatic rings. The van der Waals surface area contributed by atoms with Crippen LogP contribution in [0.25, 0.3) is 0 Å². The predicted molar refractivity (Wildman–Crippen MR) is 65.6 cm³/mol. The number of rotatable bonds is 5. The second-order valence-electron chi connectivity index (χ2n) is 4.77. The number of nitrogens with one attached hydrogen (secondary N) is 1. The van der Waals surface area contributed by atoms with E-state index in [-0.39, 0.29) is 12.3 Å². The topological polar surface area (TPSA) is 66.4 Å². The Kier molecular flexibility index (Phi) is 5.19. The highest BCUT2D eigenvalue weighted by Gasteiger charge is 2.40. The minimum atomic E-state index is -0.845. The first-order valence-electron chi connectivity index (χ1n) is 6.22. The Morgan fingerprint density at radius 1 is 1.24 bits per heavy atom. The largest absolute Gasteiger partial charge is 0.481 e. The van der Waals surface area contributed by atoms with E-state index >= 15 is 0 Å². The number of carbonyl (C=O) groups is 2. The van der Waals surface area contributed by atoms with Gasteiger partial charge in [-0.3, -0.25) is 9.59 Å². The lowest BCUT2D eigenvalue weighted by atomic mass is 9.77. The van der Waals surface area contributed by atoms with Crippen molar-refractivity contribution in [2.24, 2.45) is 5.41 Å². The Balaban J connectivity index is 2.66. The van der Waals surface area contributed by atoms with Crippen molar-refractivity contribution in [3.05, 3.63) is 12.7 Å². The molecule has 0 radical (unpaired) electrons. The minimum absolute atomic E-state index is 0.0934. The zero-order valence-corrected chi connectivity index (χ0v) is 10.2. The van der Waals surface area contributed by atoms with Crippen LogP contribution in [-0.4, -0.2) is 23.5 Å². The molecule has 4 nitrogen and oxygen atoms in total. The Hall–Kier alpha value is -1.32. The van der Waals surface area contributed by atoms with Crippen LogP contribution >= 0.6 is 0 Å². The molecule has 0 saturated heterocycles. The summed E-state index contributed by atoms with van der Waals surface area (Å²) in [5.41, 5.74) is -0.845. The Bertz CT molecular complexity index is 291. The zero-order chi connectivity index (χ0) is 12.7. The van der Waals surface area contributed by atoms with E-state index in [4.69, 9.17) is 0 Å². The van der Waals surface area contributed by atoms with E-state index in [2.05, 4.69) is 11.9 Å². The van der Waals surface area contributed by atoms with Crippen LogP contribution in [0.4, 0.5) is 0 Å². The molecule has 0 bridgehead atoms. The van der Waals surface area contributed by atoms with Crippen LogP contribution in [-0.2, 0) is 9.59 Å². The lowest BCUT2D eigenvalue weighted by Gasteiger charge is -2.27. The summed E-state index contributed by atoms with van der Waals surface area (Å²) in [4.78, 5) is 23.1. The predicted octanol–water partition coefficient (Wildman–Crippen LogP) is 2.10. The van der Waals surface area contributed by atoms with Crippen molar-refractivity contribution in [3.8, 4) is 0 Å². The molecule has 0 unspecified atom stereocenters. The van der Waals surface area contributed by atoms with Gasteiger partial charge in [0.15, 0.2) is 0 Å². The van der Waals surface area contributed by atoms with Gasteiger partial charge in [-0.05, 0) is 12.8 Å². The molecule has 0 spiro atoms. The molecular weight excluding hydrogens is 218 g/mol. The third-order valence-corrected chi connectivity index (χ3v) is 3.46. The summed E-state index contributed by atoms with van der Waals surface area (Å²) in [6.45, 7) is 3.91. The number of aliphatic carboxylic acids is 1. The fourth-order valence-corrected chi connectivity index (χ4v) is 2.43. The molecule has 0 aromatic carbocycles. The van der Waals surface area contributed by atoms with Crippen molar-refractivity contribution >= 4 is 11.9 Å². The quantitative estimate of drug-likeness (QED) is 0.570. The minimum Gasteiger partial charge on any atom is -0.481 e. The van der Waals surface area contributed by atoms with Crippen LogP contribution < -0.4 is 5.32 Å². The van der Waals surface area contributed by atoms with Gasteiger partial charge in [-0.15, -0.1) is 6.58 Å². The second-order valence-corrected chi connectivity index (χ2v) is 4.77. The molecule has 17 heavy (non-hydrogen) atoms. The highest BCUT2D eigenvalue weighted by atomic mass is 16.4. The van der Waals surface area contributed by atoms with Crippen molar-refractivity contribution < 1.29 is 14.7 Å². The smallest absolute Gasteiger partial charge is 0.310 e. The van der Waals surface area contributed by atoms with Crippen LogP contribution in [0, 0.1) is 5.41 Å². The summed E-state index contributed by atoms with van der Waals surface area (Å²) in [5, 5.41) is 12.0. The second kappa shape index (κ2) is 6.42. The van der Waals surface area contributed by atoms with Gasteiger partial charge >= 0.3 is 5.97 Å². The normalized spacial score (nSPS) is 19.1. The molecule has 0 aromatic rings. The third kappa shape index (κ3) is 3.88. The van der Waals surface area contributed by atoms with Crippen LogP contribution in [0.2, 0.25) is 0 Å². The van der Waals surface area contributed by atoms with E-state index in [9.17, 15) is 14.7 Å². The van der Waals surface area contributed by atoms with E-state index < -0.39 is 11.4 Å². The van der Waals surface area contributed by atoms with Gasteiger partial charge in [-0.2, -0.15) is 0 Å². The zero-order valence-electron chi connectivity index (χ0n) is 10.2. The third-order valence-electron chi connectivity index (χ3n) is 3.46. The number of carboxylic acid groups (broad SMARTS) is 1. The first-order valence-corrected chi connectivity index (χ1v) is 6.22. The molecule has 1 fully saturated rings. The first-order chi connectivity index (χ1) is 8.10. The van der Waals surface area contributed by atoms with Gasteiger partial charge in [0.25, 0.3) is 0 Å². The van der Waals surface area contributed by atoms with E-state index in [1.54, 1.807) is 6.08 Å². The molecule has 0 aromatic heterocycles. The van der Waals surface area contributed by atoms with Gasteiger partial charge < -0.3 is 10.4 Å². The van der Waals surface area contributed by atoms with E-state index in [0.717, 1.165) is 25.7 Å². The highest BCUT2D eigenvalue weighted by Crippen LogP contribution is 2.38. The van der Waals surface area contributed by atoms with Crippen molar-refractivity contribution in [2.45, 2.75) is 44.9 Å². The fraction of sp³-hybridized carbons (Fsp3) is 0.692. The maximum Gasteiger partial charge on any atom is 0.310 e. The maximum absolute atomic E-state index is 11.7. The molecule has 1 aliphatic carbocycles. The molecule has 4 heteroatoms. The van der Waals surface area contributed by atoms with Gasteiger partial charge in [-0.1, -0.05) is 31.8 Å². The maximum atomic E-state index is 11.7. The van der Waals surface area contributed by atoms with E-state index in [0.29, 0.717) is 19.4 Å². The monoisotopic (exact) mass is 239 g/mol. The summed E-state index contributed by atoms with van der Waals surface area (Å²) >= 11 is 0. The average Bonchev–Trinajstić information content (AvgIpc) is 2.53. The molecule has 1 rings (SSSR count).